The molecule has 9 nitrogen and oxygen atoms in total. The molecule has 0 radical (unpaired) electrons. The molecule has 0 saturated carbocycles. The highest BCUT2D eigenvalue weighted by molar-refractivity contribution is 5.76. The van der Waals surface area contributed by atoms with Crippen LogP contribution in [-0.4, -0.2) is 62.3 Å². The second kappa shape index (κ2) is 6.34. The second-order valence-electron chi connectivity index (χ2n) is 6.12. The van der Waals surface area contributed by atoms with Crippen LogP contribution in [0.25, 0.3) is 22.7 Å². The highest BCUT2D eigenvalue weighted by Crippen LogP contribution is 2.19. The van der Waals surface area contributed by atoms with E-state index in [0.29, 0.717) is 30.9 Å². The van der Waals surface area contributed by atoms with Crippen LogP contribution < -0.4 is 11.2 Å². The van der Waals surface area contributed by atoms with Crippen molar-refractivity contribution < 1.29 is 4.74 Å². The molecule has 0 aromatic carbocycles. The summed E-state index contributed by atoms with van der Waals surface area (Å²) in [5.41, 5.74) is 1.12. The number of rotatable bonds is 3. The second-order valence-corrected chi connectivity index (χ2v) is 6.12. The maximum absolute atomic E-state index is 12.2. The molecule has 1 aromatic heterocycles. The Kier molecular flexibility index (Phi) is 4.02. The molecule has 3 aliphatic heterocycles. The number of fused-ring (bicyclic) bond motifs is 2. The minimum atomic E-state index is -0.675. The van der Waals surface area contributed by atoms with Gasteiger partial charge in [-0.15, -0.1) is 0 Å². The summed E-state index contributed by atoms with van der Waals surface area (Å²) in [7, 11) is 0. The number of aromatic nitrogens is 5. The molecule has 1 fully saturated rings. The van der Waals surface area contributed by atoms with Crippen molar-refractivity contribution in [3.8, 4) is 11.5 Å². The van der Waals surface area contributed by atoms with E-state index in [1.54, 1.807) is 6.20 Å². The van der Waals surface area contributed by atoms with Gasteiger partial charge in [-0.25, -0.2) is 14.8 Å². The molecule has 0 atom stereocenters. The van der Waals surface area contributed by atoms with Crippen LogP contribution >= 0.6 is 0 Å². The molecular formula is C16H18N6O3. The van der Waals surface area contributed by atoms with E-state index >= 15 is 0 Å². The third-order valence-corrected chi connectivity index (χ3v) is 4.33. The lowest BCUT2D eigenvalue weighted by atomic mass is 10.2. The van der Waals surface area contributed by atoms with Gasteiger partial charge in [-0.2, -0.15) is 4.98 Å². The minimum absolute atomic E-state index is 0.154. The Morgan fingerprint density at radius 1 is 1.20 bits per heavy atom. The van der Waals surface area contributed by atoms with Gasteiger partial charge in [0.2, 0.25) is 0 Å². The first-order valence-electron chi connectivity index (χ1n) is 8.19. The van der Waals surface area contributed by atoms with E-state index in [2.05, 4.69) is 24.8 Å². The van der Waals surface area contributed by atoms with E-state index in [-0.39, 0.29) is 11.5 Å². The summed E-state index contributed by atoms with van der Waals surface area (Å²) in [4.78, 5) is 41.1. The molecule has 0 aliphatic carbocycles. The van der Waals surface area contributed by atoms with Crippen LogP contribution in [0.3, 0.4) is 0 Å². The van der Waals surface area contributed by atoms with Gasteiger partial charge in [0, 0.05) is 32.4 Å². The highest BCUT2D eigenvalue weighted by atomic mass is 16.5. The zero-order valence-corrected chi connectivity index (χ0v) is 13.9. The number of ether oxygens (including phenoxy) is 1. The van der Waals surface area contributed by atoms with E-state index in [0.717, 1.165) is 25.2 Å². The molecule has 1 aromatic rings. The molecular weight excluding hydrogens is 324 g/mol. The Morgan fingerprint density at radius 3 is 2.80 bits per heavy atom. The van der Waals surface area contributed by atoms with Crippen molar-refractivity contribution in [2.45, 2.75) is 13.5 Å². The van der Waals surface area contributed by atoms with Crippen LogP contribution in [0, 0.1) is 6.92 Å². The van der Waals surface area contributed by atoms with Crippen molar-refractivity contribution in [3.05, 3.63) is 38.7 Å². The molecule has 25 heavy (non-hydrogen) atoms. The van der Waals surface area contributed by atoms with Crippen LogP contribution in [0.2, 0.25) is 0 Å². The Hall–Kier alpha value is -2.65. The number of nitrogens with zero attached hydrogens (tertiary/aromatic N) is 5. The first-order chi connectivity index (χ1) is 12.1. The van der Waals surface area contributed by atoms with Crippen LogP contribution in [0.5, 0.6) is 0 Å². The standard InChI is InChI=1S/C16H18N6O3/c1-10-8-11-13(17-9-10)22(3-2-21-4-6-25-7-5-21)14-12(18-11)15(23)20-16(24)19-14/h8-9H,2-7H2,1H3,(H,20,23,24). The Bertz CT molecular complexity index is 1000. The van der Waals surface area contributed by atoms with Gasteiger partial charge in [-0.05, 0) is 18.6 Å². The van der Waals surface area contributed by atoms with Crippen molar-refractivity contribution >= 4 is 11.2 Å². The van der Waals surface area contributed by atoms with Crippen LogP contribution in [0.4, 0.5) is 0 Å². The largest absolute Gasteiger partial charge is 0.379 e. The Balaban J connectivity index is 1.85. The summed E-state index contributed by atoms with van der Waals surface area (Å²) in [5.74, 6) is 0.269. The smallest absolute Gasteiger partial charge is 0.349 e. The highest BCUT2D eigenvalue weighted by Gasteiger charge is 2.20. The maximum Gasteiger partial charge on any atom is 0.349 e. The van der Waals surface area contributed by atoms with Gasteiger partial charge in [0.15, 0.2) is 17.2 Å². The Labute approximate surface area is 142 Å². The van der Waals surface area contributed by atoms with Crippen molar-refractivity contribution in [2.24, 2.45) is 0 Å². The number of morpholine rings is 1. The molecule has 1 N–H and O–H groups in total. The summed E-state index contributed by atoms with van der Waals surface area (Å²) in [5, 5.41) is 0. The fraction of sp³-hybridized carbons (Fsp3) is 0.438. The normalized spacial score (nSPS) is 15.9. The molecule has 9 heteroatoms. The monoisotopic (exact) mass is 342 g/mol. The zero-order valence-electron chi connectivity index (χ0n) is 13.9. The van der Waals surface area contributed by atoms with E-state index in [1.165, 1.54) is 0 Å². The van der Waals surface area contributed by atoms with Crippen molar-refractivity contribution in [1.82, 2.24) is 29.4 Å². The van der Waals surface area contributed by atoms with Gasteiger partial charge in [0.25, 0.3) is 5.56 Å². The van der Waals surface area contributed by atoms with Crippen molar-refractivity contribution in [3.63, 3.8) is 0 Å². The molecule has 4 heterocycles. The molecule has 0 amide bonds. The molecule has 0 bridgehead atoms. The fourth-order valence-corrected chi connectivity index (χ4v) is 3.06. The van der Waals surface area contributed by atoms with Crippen molar-refractivity contribution in [2.75, 3.05) is 32.8 Å². The minimum Gasteiger partial charge on any atom is -0.379 e. The number of hydrogen-bond donors (Lipinski definition) is 1. The number of aryl methyl sites for hydroxylation is 1. The SMILES string of the molecule is Cc1cnc2c(c1)nc1c(=O)[nH]c(=O)nc-1n2CCN1CCOCC1. The number of aromatic amines is 1. The molecule has 3 aliphatic rings. The predicted octanol–water partition coefficient (Wildman–Crippen LogP) is -0.380. The summed E-state index contributed by atoms with van der Waals surface area (Å²) >= 11 is 0. The summed E-state index contributed by atoms with van der Waals surface area (Å²) in [6.07, 6.45) is 1.74. The zero-order chi connectivity index (χ0) is 17.4. The lowest BCUT2D eigenvalue weighted by Crippen LogP contribution is -2.38. The molecule has 0 unspecified atom stereocenters. The first-order valence-corrected chi connectivity index (χ1v) is 8.19. The number of nitrogens with one attached hydrogen (secondary N) is 1. The third-order valence-electron chi connectivity index (χ3n) is 4.33. The summed E-state index contributed by atoms with van der Waals surface area (Å²) < 4.78 is 7.18. The number of hydrogen-bond acceptors (Lipinski definition) is 7. The average molecular weight is 342 g/mol. The van der Waals surface area contributed by atoms with Crippen molar-refractivity contribution in [1.29, 1.82) is 0 Å². The van der Waals surface area contributed by atoms with Gasteiger partial charge < -0.3 is 9.30 Å². The van der Waals surface area contributed by atoms with Gasteiger partial charge >= 0.3 is 5.69 Å². The average Bonchev–Trinajstić information content (AvgIpc) is 2.60. The third kappa shape index (κ3) is 3.03. The van der Waals surface area contributed by atoms with Gasteiger partial charge in [-0.3, -0.25) is 14.7 Å². The fourth-order valence-electron chi connectivity index (χ4n) is 3.06. The first kappa shape index (κ1) is 15.9. The number of pyridine rings is 1. The molecule has 0 spiro atoms. The molecule has 130 valence electrons. The quantitative estimate of drug-likeness (QED) is 0.647. The lowest BCUT2D eigenvalue weighted by Gasteiger charge is -2.27. The van der Waals surface area contributed by atoms with E-state index in [9.17, 15) is 9.59 Å². The van der Waals surface area contributed by atoms with Gasteiger partial charge in [-0.1, -0.05) is 0 Å². The molecule has 4 rings (SSSR count). The van der Waals surface area contributed by atoms with Crippen LogP contribution in [-0.2, 0) is 11.3 Å². The lowest BCUT2D eigenvalue weighted by molar-refractivity contribution is 0.0365. The number of H-pyrrole nitrogens is 1. The van der Waals surface area contributed by atoms with Gasteiger partial charge in [0.05, 0.1) is 13.2 Å². The van der Waals surface area contributed by atoms with Crippen LogP contribution in [0.1, 0.15) is 5.56 Å². The van der Waals surface area contributed by atoms with E-state index < -0.39 is 11.2 Å². The summed E-state index contributed by atoms with van der Waals surface area (Å²) in [6.45, 7) is 6.36. The van der Waals surface area contributed by atoms with E-state index in [1.807, 2.05) is 17.6 Å². The van der Waals surface area contributed by atoms with Crippen LogP contribution in [0.15, 0.2) is 21.9 Å². The maximum atomic E-state index is 12.2. The Morgan fingerprint density at radius 2 is 2.00 bits per heavy atom. The topological polar surface area (TPSA) is 106 Å². The summed E-state index contributed by atoms with van der Waals surface area (Å²) in [6, 6.07) is 1.87. The van der Waals surface area contributed by atoms with Gasteiger partial charge in [0.1, 0.15) is 5.52 Å². The predicted molar refractivity (Wildman–Crippen MR) is 90.8 cm³/mol. The molecule has 1 saturated heterocycles. The van der Waals surface area contributed by atoms with E-state index in [4.69, 9.17) is 4.74 Å².